The minimum atomic E-state index is 0.0588. The van der Waals surface area contributed by atoms with Gasteiger partial charge in [-0.1, -0.05) is 0 Å². The van der Waals surface area contributed by atoms with Crippen molar-refractivity contribution < 1.29 is 9.21 Å². The zero-order valence-electron chi connectivity index (χ0n) is 9.36. The number of nitrogens with zero attached hydrogens (tertiary/aromatic N) is 1. The van der Waals surface area contributed by atoms with Crippen LogP contribution < -0.4 is 0 Å². The van der Waals surface area contributed by atoms with E-state index in [1.165, 1.54) is 0 Å². The van der Waals surface area contributed by atoms with E-state index in [0.29, 0.717) is 17.7 Å². The van der Waals surface area contributed by atoms with Crippen LogP contribution in [0.3, 0.4) is 0 Å². The van der Waals surface area contributed by atoms with Crippen LogP contribution in [0.1, 0.15) is 27.5 Å². The molecule has 3 heteroatoms. The molecule has 2 aromatic heterocycles. The maximum Gasteiger partial charge on any atom is 0.170 e. The quantitative estimate of drug-likeness (QED) is 0.739. The molecule has 0 radical (unpaired) electrons. The fraction of sp³-hybridized carbons (Fsp3) is 0.231. The molecule has 0 N–H and O–H groups in total. The predicted octanol–water partition coefficient (Wildman–Crippen LogP) is 2.72. The Morgan fingerprint density at radius 3 is 2.56 bits per heavy atom. The first-order valence-corrected chi connectivity index (χ1v) is 5.16. The number of hydrogen-bond donors (Lipinski definition) is 0. The lowest BCUT2D eigenvalue weighted by atomic mass is 10.1. The Balaban J connectivity index is 2.21. The molecule has 0 atom stereocenters. The third-order valence-electron chi connectivity index (χ3n) is 2.32. The number of ketones is 1. The summed E-state index contributed by atoms with van der Waals surface area (Å²) in [5, 5.41) is 0. The van der Waals surface area contributed by atoms with Gasteiger partial charge in [0.2, 0.25) is 0 Å². The summed E-state index contributed by atoms with van der Waals surface area (Å²) < 4.78 is 5.15. The average molecular weight is 215 g/mol. The van der Waals surface area contributed by atoms with Gasteiger partial charge in [0.15, 0.2) is 5.78 Å². The van der Waals surface area contributed by atoms with Crippen molar-refractivity contribution in [3.63, 3.8) is 0 Å². The van der Waals surface area contributed by atoms with E-state index in [1.54, 1.807) is 30.5 Å². The van der Waals surface area contributed by atoms with Gasteiger partial charge in [0, 0.05) is 17.0 Å². The van der Waals surface area contributed by atoms with Crippen LogP contribution in [0.4, 0.5) is 0 Å². The molecule has 3 nitrogen and oxygen atoms in total. The van der Waals surface area contributed by atoms with Crippen LogP contribution in [-0.4, -0.2) is 10.8 Å². The first-order chi connectivity index (χ1) is 7.65. The molecule has 82 valence electrons. The van der Waals surface area contributed by atoms with E-state index in [1.807, 2.05) is 13.8 Å². The minimum Gasteiger partial charge on any atom is -0.469 e. The molecule has 2 rings (SSSR count). The SMILES string of the molecule is Cc1cc(C(=O)Cc2ccco2)cc(C)n1. The number of pyridine rings is 1. The molecule has 0 saturated carbocycles. The van der Waals surface area contributed by atoms with Crippen LogP contribution in [0.2, 0.25) is 0 Å². The summed E-state index contributed by atoms with van der Waals surface area (Å²) in [5.74, 6) is 0.751. The number of carbonyl (C=O) groups is 1. The summed E-state index contributed by atoms with van der Waals surface area (Å²) in [6, 6.07) is 7.20. The van der Waals surface area contributed by atoms with Crippen molar-refractivity contribution in [2.75, 3.05) is 0 Å². The van der Waals surface area contributed by atoms with Gasteiger partial charge >= 0.3 is 0 Å². The maximum absolute atomic E-state index is 11.9. The van der Waals surface area contributed by atoms with Crippen LogP contribution in [0, 0.1) is 13.8 Å². The van der Waals surface area contributed by atoms with Crippen molar-refractivity contribution in [3.8, 4) is 0 Å². The van der Waals surface area contributed by atoms with Crippen LogP contribution in [-0.2, 0) is 6.42 Å². The van der Waals surface area contributed by atoms with E-state index in [-0.39, 0.29) is 5.78 Å². The predicted molar refractivity (Wildman–Crippen MR) is 60.5 cm³/mol. The highest BCUT2D eigenvalue weighted by Gasteiger charge is 2.10. The van der Waals surface area contributed by atoms with Gasteiger partial charge < -0.3 is 4.42 Å². The van der Waals surface area contributed by atoms with Gasteiger partial charge in [-0.15, -0.1) is 0 Å². The van der Waals surface area contributed by atoms with Gasteiger partial charge in [0.25, 0.3) is 0 Å². The molecule has 0 unspecified atom stereocenters. The van der Waals surface area contributed by atoms with Gasteiger partial charge in [0.1, 0.15) is 5.76 Å². The molecule has 0 aliphatic heterocycles. The normalized spacial score (nSPS) is 10.4. The Morgan fingerprint density at radius 2 is 2.00 bits per heavy atom. The molecule has 2 aromatic rings. The summed E-state index contributed by atoms with van der Waals surface area (Å²) in [5.41, 5.74) is 2.42. The highest BCUT2D eigenvalue weighted by Crippen LogP contribution is 2.10. The van der Waals surface area contributed by atoms with Crippen LogP contribution >= 0.6 is 0 Å². The third-order valence-corrected chi connectivity index (χ3v) is 2.32. The summed E-state index contributed by atoms with van der Waals surface area (Å²) in [4.78, 5) is 16.2. The molecular weight excluding hydrogens is 202 g/mol. The lowest BCUT2D eigenvalue weighted by Crippen LogP contribution is -2.04. The van der Waals surface area contributed by atoms with Gasteiger partial charge in [-0.3, -0.25) is 9.78 Å². The second-order valence-corrected chi connectivity index (χ2v) is 3.82. The van der Waals surface area contributed by atoms with Crippen molar-refractivity contribution in [2.45, 2.75) is 20.3 Å². The largest absolute Gasteiger partial charge is 0.469 e. The first-order valence-electron chi connectivity index (χ1n) is 5.16. The van der Waals surface area contributed by atoms with Crippen LogP contribution in [0.25, 0.3) is 0 Å². The topological polar surface area (TPSA) is 43.1 Å². The molecule has 2 heterocycles. The fourth-order valence-corrected chi connectivity index (χ4v) is 1.67. The first kappa shape index (κ1) is 10.6. The molecule has 0 spiro atoms. The number of rotatable bonds is 3. The molecule has 0 aromatic carbocycles. The molecule has 16 heavy (non-hydrogen) atoms. The van der Waals surface area contributed by atoms with Gasteiger partial charge in [0.05, 0.1) is 12.7 Å². The standard InChI is InChI=1S/C13H13NO2/c1-9-6-11(7-10(2)14-9)13(15)8-12-4-3-5-16-12/h3-7H,8H2,1-2H3. The molecular formula is C13H13NO2. The number of aryl methyl sites for hydroxylation is 2. The molecule has 0 aliphatic rings. The van der Waals surface area contributed by atoms with Crippen molar-refractivity contribution in [1.82, 2.24) is 4.98 Å². The highest BCUT2D eigenvalue weighted by atomic mass is 16.3. The minimum absolute atomic E-state index is 0.0588. The number of furan rings is 1. The molecule has 0 amide bonds. The zero-order valence-corrected chi connectivity index (χ0v) is 9.36. The highest BCUT2D eigenvalue weighted by molar-refractivity contribution is 5.97. The van der Waals surface area contributed by atoms with E-state index >= 15 is 0 Å². The van der Waals surface area contributed by atoms with E-state index in [9.17, 15) is 4.79 Å². The van der Waals surface area contributed by atoms with E-state index in [0.717, 1.165) is 11.4 Å². The third kappa shape index (κ3) is 2.37. The van der Waals surface area contributed by atoms with E-state index < -0.39 is 0 Å². The fourth-order valence-electron chi connectivity index (χ4n) is 1.67. The molecule has 0 bridgehead atoms. The van der Waals surface area contributed by atoms with E-state index in [2.05, 4.69) is 4.98 Å². The molecule has 0 saturated heterocycles. The van der Waals surface area contributed by atoms with Crippen molar-refractivity contribution in [2.24, 2.45) is 0 Å². The van der Waals surface area contributed by atoms with Crippen molar-refractivity contribution >= 4 is 5.78 Å². The second-order valence-electron chi connectivity index (χ2n) is 3.82. The number of aromatic nitrogens is 1. The summed E-state index contributed by atoms with van der Waals surface area (Å²) >= 11 is 0. The number of carbonyl (C=O) groups excluding carboxylic acids is 1. The number of hydrogen-bond acceptors (Lipinski definition) is 3. The Bertz CT molecular complexity index is 480. The Morgan fingerprint density at radius 1 is 1.31 bits per heavy atom. The maximum atomic E-state index is 11.9. The van der Waals surface area contributed by atoms with Gasteiger partial charge in [-0.05, 0) is 38.1 Å². The van der Waals surface area contributed by atoms with Gasteiger partial charge in [-0.25, -0.2) is 0 Å². The van der Waals surface area contributed by atoms with Gasteiger partial charge in [-0.2, -0.15) is 0 Å². The van der Waals surface area contributed by atoms with E-state index in [4.69, 9.17) is 4.42 Å². The van der Waals surface area contributed by atoms with Crippen LogP contribution in [0.15, 0.2) is 34.9 Å². The second kappa shape index (κ2) is 4.31. The smallest absolute Gasteiger partial charge is 0.170 e. The Kier molecular flexibility index (Phi) is 2.86. The lowest BCUT2D eigenvalue weighted by Gasteiger charge is -2.02. The number of Topliss-reactive ketones (excluding diaryl/α,β-unsaturated/α-hetero) is 1. The average Bonchev–Trinajstić information content (AvgIpc) is 2.68. The Labute approximate surface area is 94.1 Å². The lowest BCUT2D eigenvalue weighted by molar-refractivity contribution is 0.0986. The molecule has 0 fully saturated rings. The zero-order chi connectivity index (χ0) is 11.5. The summed E-state index contributed by atoms with van der Waals surface area (Å²) in [6.45, 7) is 3.77. The Hall–Kier alpha value is -1.90. The summed E-state index contributed by atoms with van der Waals surface area (Å²) in [7, 11) is 0. The molecule has 0 aliphatic carbocycles. The van der Waals surface area contributed by atoms with Crippen molar-refractivity contribution in [3.05, 3.63) is 53.2 Å². The summed E-state index contributed by atoms with van der Waals surface area (Å²) in [6.07, 6.45) is 1.88. The van der Waals surface area contributed by atoms with Crippen molar-refractivity contribution in [1.29, 1.82) is 0 Å². The van der Waals surface area contributed by atoms with Crippen LogP contribution in [0.5, 0.6) is 0 Å². The monoisotopic (exact) mass is 215 g/mol.